The highest BCUT2D eigenvalue weighted by atomic mass is 32.2. The van der Waals surface area contributed by atoms with Gasteiger partial charge in [-0.15, -0.1) is 0 Å². The van der Waals surface area contributed by atoms with Gasteiger partial charge in [0.15, 0.2) is 5.16 Å². The van der Waals surface area contributed by atoms with Gasteiger partial charge in [0.25, 0.3) is 5.91 Å². The molecule has 2 rings (SSSR count). The minimum absolute atomic E-state index is 0.186. The molecule has 2 aromatic rings. The van der Waals surface area contributed by atoms with Crippen molar-refractivity contribution in [2.45, 2.75) is 5.16 Å². The van der Waals surface area contributed by atoms with E-state index in [0.29, 0.717) is 5.16 Å². The van der Waals surface area contributed by atoms with Crippen LogP contribution in [0.4, 0.5) is 0 Å². The van der Waals surface area contributed by atoms with Crippen molar-refractivity contribution in [3.8, 4) is 5.75 Å². The van der Waals surface area contributed by atoms with Crippen LogP contribution in [0.5, 0.6) is 5.75 Å². The number of aromatic nitrogens is 2. The molecule has 1 aromatic heterocycles. The van der Waals surface area contributed by atoms with E-state index in [1.807, 2.05) is 0 Å². The smallest absolute Gasteiger partial charge is 0.250 e. The summed E-state index contributed by atoms with van der Waals surface area (Å²) in [6.07, 6.45) is 4.74. The number of carbonyl (C=O) groups excluding carboxylic acids is 1. The molecule has 1 amide bonds. The van der Waals surface area contributed by atoms with Gasteiger partial charge in [-0.05, 0) is 35.9 Å². The highest BCUT2D eigenvalue weighted by Gasteiger charge is 2.02. The Morgan fingerprint density at radius 2 is 2.00 bits per heavy atom. The number of nitrogens with one attached hydrogen (secondary N) is 1. The summed E-state index contributed by atoms with van der Waals surface area (Å²) < 4.78 is 0. The molecule has 6 nitrogen and oxygen atoms in total. The Morgan fingerprint density at radius 1 is 1.30 bits per heavy atom. The quantitative estimate of drug-likeness (QED) is 0.376. The predicted molar refractivity (Wildman–Crippen MR) is 76.6 cm³/mol. The zero-order valence-electron chi connectivity index (χ0n) is 10.4. The summed E-state index contributed by atoms with van der Waals surface area (Å²) in [7, 11) is 0. The van der Waals surface area contributed by atoms with E-state index in [0.717, 1.165) is 5.56 Å². The second-order valence-electron chi connectivity index (χ2n) is 3.70. The van der Waals surface area contributed by atoms with E-state index in [9.17, 15) is 4.79 Å². The number of rotatable bonds is 5. The molecule has 0 atom stereocenters. The number of benzene rings is 1. The lowest BCUT2D eigenvalue weighted by Gasteiger charge is -1.99. The van der Waals surface area contributed by atoms with Crippen LogP contribution in [0.1, 0.15) is 5.56 Å². The van der Waals surface area contributed by atoms with E-state index >= 15 is 0 Å². The van der Waals surface area contributed by atoms with Gasteiger partial charge in [-0.25, -0.2) is 15.4 Å². The van der Waals surface area contributed by atoms with Gasteiger partial charge in [0.2, 0.25) is 0 Å². The van der Waals surface area contributed by atoms with Crippen LogP contribution in [-0.2, 0) is 4.79 Å². The summed E-state index contributed by atoms with van der Waals surface area (Å²) in [5.74, 6) is 0.139. The van der Waals surface area contributed by atoms with E-state index in [-0.39, 0.29) is 17.4 Å². The Hall–Kier alpha value is -2.41. The molecule has 1 aromatic carbocycles. The molecule has 7 heteroatoms. The number of thioether (sulfide) groups is 1. The van der Waals surface area contributed by atoms with E-state index in [1.165, 1.54) is 18.0 Å². The van der Waals surface area contributed by atoms with E-state index in [2.05, 4.69) is 20.5 Å². The van der Waals surface area contributed by atoms with Crippen LogP contribution in [0.2, 0.25) is 0 Å². The molecule has 0 radical (unpaired) electrons. The summed E-state index contributed by atoms with van der Waals surface area (Å²) >= 11 is 1.24. The number of phenols is 1. The van der Waals surface area contributed by atoms with Gasteiger partial charge in [0.1, 0.15) is 5.75 Å². The molecule has 0 fully saturated rings. The molecule has 20 heavy (non-hydrogen) atoms. The van der Waals surface area contributed by atoms with Crippen LogP contribution in [0.3, 0.4) is 0 Å². The van der Waals surface area contributed by atoms with Crippen LogP contribution in [0.15, 0.2) is 53.0 Å². The average Bonchev–Trinajstić information content (AvgIpc) is 2.48. The minimum atomic E-state index is -0.238. The molecular formula is C13H12N4O2S. The number of hydrogen-bond donors (Lipinski definition) is 2. The monoisotopic (exact) mass is 288 g/mol. The minimum Gasteiger partial charge on any atom is -0.508 e. The Morgan fingerprint density at radius 3 is 2.70 bits per heavy atom. The standard InChI is InChI=1S/C13H12N4O2S/c18-11-4-2-10(3-5-11)8-16-17-12(19)9-20-13-14-6-1-7-15-13/h1-8,18H,9H2,(H,17,19)/b16-8+. The van der Waals surface area contributed by atoms with Crippen LogP contribution >= 0.6 is 11.8 Å². The fourth-order valence-corrected chi connectivity index (χ4v) is 1.86. The van der Waals surface area contributed by atoms with E-state index in [1.54, 1.807) is 42.7 Å². The molecule has 0 saturated carbocycles. The number of carbonyl (C=O) groups is 1. The second kappa shape index (κ2) is 7.25. The SMILES string of the molecule is O=C(CSc1ncccn1)N/N=C/c1ccc(O)cc1. The van der Waals surface area contributed by atoms with Crippen molar-refractivity contribution in [2.24, 2.45) is 5.10 Å². The van der Waals surface area contributed by atoms with Gasteiger partial charge in [-0.1, -0.05) is 11.8 Å². The normalized spacial score (nSPS) is 10.6. The first-order valence-electron chi connectivity index (χ1n) is 5.75. The van der Waals surface area contributed by atoms with Gasteiger partial charge >= 0.3 is 0 Å². The zero-order valence-corrected chi connectivity index (χ0v) is 11.2. The molecule has 0 aliphatic carbocycles. The summed E-state index contributed by atoms with van der Waals surface area (Å²) in [5, 5.41) is 13.5. The third-order valence-electron chi connectivity index (χ3n) is 2.17. The molecule has 2 N–H and O–H groups in total. The summed E-state index contributed by atoms with van der Waals surface area (Å²) in [6.45, 7) is 0. The van der Waals surface area contributed by atoms with Crippen molar-refractivity contribution in [3.63, 3.8) is 0 Å². The molecule has 0 bridgehead atoms. The fourth-order valence-electron chi connectivity index (χ4n) is 1.26. The maximum absolute atomic E-state index is 11.5. The molecule has 0 saturated heterocycles. The van der Waals surface area contributed by atoms with Crippen LogP contribution in [-0.4, -0.2) is 32.9 Å². The lowest BCUT2D eigenvalue weighted by Crippen LogP contribution is -2.19. The number of hydrazone groups is 1. The van der Waals surface area contributed by atoms with Crippen molar-refractivity contribution >= 4 is 23.9 Å². The summed E-state index contributed by atoms with van der Waals surface area (Å²) in [6, 6.07) is 8.19. The first kappa shape index (κ1) is 14.0. The number of amides is 1. The number of nitrogens with zero attached hydrogens (tertiary/aromatic N) is 3. The van der Waals surface area contributed by atoms with Crippen LogP contribution in [0, 0.1) is 0 Å². The van der Waals surface area contributed by atoms with Crippen molar-refractivity contribution < 1.29 is 9.90 Å². The molecule has 102 valence electrons. The molecule has 0 aliphatic rings. The Kier molecular flexibility index (Phi) is 5.08. The van der Waals surface area contributed by atoms with Crippen molar-refractivity contribution in [1.82, 2.24) is 15.4 Å². The van der Waals surface area contributed by atoms with Crippen molar-refractivity contribution in [2.75, 3.05) is 5.75 Å². The van der Waals surface area contributed by atoms with Gasteiger partial charge < -0.3 is 5.11 Å². The third-order valence-corrected chi connectivity index (χ3v) is 3.05. The Labute approximate surface area is 120 Å². The topological polar surface area (TPSA) is 87.5 Å². The van der Waals surface area contributed by atoms with Gasteiger partial charge in [0.05, 0.1) is 12.0 Å². The van der Waals surface area contributed by atoms with Crippen LogP contribution in [0.25, 0.3) is 0 Å². The number of aromatic hydroxyl groups is 1. The van der Waals surface area contributed by atoms with Crippen LogP contribution < -0.4 is 5.43 Å². The maximum Gasteiger partial charge on any atom is 0.250 e. The maximum atomic E-state index is 11.5. The number of phenolic OH excluding ortho intramolecular Hbond substituents is 1. The molecule has 0 aliphatic heterocycles. The lowest BCUT2D eigenvalue weighted by molar-refractivity contribution is -0.118. The first-order chi connectivity index (χ1) is 9.74. The van der Waals surface area contributed by atoms with Gasteiger partial charge in [-0.2, -0.15) is 5.10 Å². The van der Waals surface area contributed by atoms with Gasteiger partial charge in [-0.3, -0.25) is 4.79 Å². The Bertz CT molecular complexity index is 587. The first-order valence-corrected chi connectivity index (χ1v) is 6.73. The molecular weight excluding hydrogens is 276 g/mol. The fraction of sp³-hybridized carbons (Fsp3) is 0.0769. The van der Waals surface area contributed by atoms with Crippen molar-refractivity contribution in [3.05, 3.63) is 48.3 Å². The molecule has 0 unspecified atom stereocenters. The highest BCUT2D eigenvalue weighted by molar-refractivity contribution is 7.99. The van der Waals surface area contributed by atoms with E-state index in [4.69, 9.17) is 5.11 Å². The largest absolute Gasteiger partial charge is 0.508 e. The molecule has 1 heterocycles. The Balaban J connectivity index is 1.76. The summed E-state index contributed by atoms with van der Waals surface area (Å²) in [4.78, 5) is 19.5. The van der Waals surface area contributed by atoms with Crippen molar-refractivity contribution in [1.29, 1.82) is 0 Å². The highest BCUT2D eigenvalue weighted by Crippen LogP contribution is 2.10. The second-order valence-corrected chi connectivity index (χ2v) is 4.65. The average molecular weight is 288 g/mol. The number of hydrogen-bond acceptors (Lipinski definition) is 6. The lowest BCUT2D eigenvalue weighted by atomic mass is 10.2. The zero-order chi connectivity index (χ0) is 14.2. The molecule has 0 spiro atoms. The van der Waals surface area contributed by atoms with Gasteiger partial charge in [0, 0.05) is 12.4 Å². The summed E-state index contributed by atoms with van der Waals surface area (Å²) in [5.41, 5.74) is 3.19. The predicted octanol–water partition coefficient (Wildman–Crippen LogP) is 1.42. The third kappa shape index (κ3) is 4.69. The van der Waals surface area contributed by atoms with E-state index < -0.39 is 0 Å².